The second-order valence-electron chi connectivity index (χ2n) is 7.30. The Labute approximate surface area is 171 Å². The second kappa shape index (κ2) is 7.89. The van der Waals surface area contributed by atoms with Crippen LogP contribution in [0.5, 0.6) is 0 Å². The molecule has 3 heterocycles. The van der Waals surface area contributed by atoms with Gasteiger partial charge >= 0.3 is 0 Å². The average molecular weight is 400 g/mol. The molecule has 148 valence electrons. The van der Waals surface area contributed by atoms with Crippen molar-refractivity contribution in [3.8, 4) is 0 Å². The third-order valence-corrected chi connectivity index (χ3v) is 5.79. The van der Waals surface area contributed by atoms with Gasteiger partial charge in [0.25, 0.3) is 0 Å². The topological polar surface area (TPSA) is 50.9 Å². The Bertz CT molecular complexity index is 837. The molecular formula is C21H26ClN5O. The molecule has 0 aliphatic carbocycles. The van der Waals surface area contributed by atoms with Crippen LogP contribution in [-0.2, 0) is 4.79 Å². The number of piperazine rings is 1. The highest BCUT2D eigenvalue weighted by atomic mass is 35.5. The Morgan fingerprint density at radius 3 is 2.57 bits per heavy atom. The van der Waals surface area contributed by atoms with Gasteiger partial charge in [-0.3, -0.25) is 9.69 Å². The molecule has 7 heteroatoms. The van der Waals surface area contributed by atoms with Crippen LogP contribution < -0.4 is 10.6 Å². The van der Waals surface area contributed by atoms with Crippen LogP contribution in [0.15, 0.2) is 54.0 Å². The Balaban J connectivity index is 1.61. The first kappa shape index (κ1) is 18.9. The van der Waals surface area contributed by atoms with E-state index in [1.165, 1.54) is 5.70 Å². The van der Waals surface area contributed by atoms with Crippen molar-refractivity contribution in [2.45, 2.75) is 13.1 Å². The van der Waals surface area contributed by atoms with Gasteiger partial charge in [0.2, 0.25) is 5.91 Å². The Morgan fingerprint density at radius 1 is 1.21 bits per heavy atom. The van der Waals surface area contributed by atoms with Gasteiger partial charge in [-0.2, -0.15) is 0 Å². The maximum absolute atomic E-state index is 11.6. The number of allylic oxidation sites excluding steroid dienone is 1. The quantitative estimate of drug-likeness (QED) is 0.811. The first-order valence-corrected chi connectivity index (χ1v) is 10.0. The molecular weight excluding hydrogens is 374 g/mol. The maximum Gasteiger partial charge on any atom is 0.219 e. The molecule has 1 aromatic carbocycles. The molecule has 1 aromatic rings. The van der Waals surface area contributed by atoms with Crippen LogP contribution in [0.3, 0.4) is 0 Å². The SMILES string of the molecule is CNC1=CN2C(CN3CCN(C(C)=O)CC3)=C(c3ccc(Cl)cc3)NC2C=C1. The van der Waals surface area contributed by atoms with Crippen LogP contribution in [0, 0.1) is 0 Å². The second-order valence-corrected chi connectivity index (χ2v) is 7.74. The predicted molar refractivity (Wildman–Crippen MR) is 112 cm³/mol. The number of nitrogens with zero attached hydrogens (tertiary/aromatic N) is 3. The van der Waals surface area contributed by atoms with Gasteiger partial charge in [0.05, 0.1) is 17.1 Å². The standard InChI is InChI=1S/C21H26ClN5O/c1-15(28)26-11-9-25(10-12-26)14-19-21(16-3-5-17(22)6-4-16)24-20-8-7-18(23-2)13-27(19)20/h3-8,13,20,23-24H,9-12,14H2,1-2H3. The van der Waals surface area contributed by atoms with Crippen molar-refractivity contribution in [3.63, 3.8) is 0 Å². The molecule has 1 amide bonds. The summed E-state index contributed by atoms with van der Waals surface area (Å²) >= 11 is 6.09. The number of likely N-dealkylation sites (N-methyl/N-ethyl adjacent to an activating group) is 1. The van der Waals surface area contributed by atoms with E-state index in [2.05, 4.69) is 50.9 Å². The summed E-state index contributed by atoms with van der Waals surface area (Å²) in [6, 6.07) is 7.97. The lowest BCUT2D eigenvalue weighted by molar-refractivity contribution is -0.130. The van der Waals surface area contributed by atoms with Crippen LogP contribution >= 0.6 is 11.6 Å². The normalized spacial score (nSPS) is 22.1. The van der Waals surface area contributed by atoms with E-state index in [0.717, 1.165) is 54.7 Å². The number of hydrogen-bond donors (Lipinski definition) is 2. The average Bonchev–Trinajstić information content (AvgIpc) is 3.06. The van der Waals surface area contributed by atoms with Crippen molar-refractivity contribution < 1.29 is 4.79 Å². The molecule has 3 aliphatic rings. The van der Waals surface area contributed by atoms with Gasteiger partial charge in [0.1, 0.15) is 6.17 Å². The minimum atomic E-state index is 0.108. The summed E-state index contributed by atoms with van der Waals surface area (Å²) in [5, 5.41) is 7.62. The molecule has 28 heavy (non-hydrogen) atoms. The van der Waals surface area contributed by atoms with Crippen LogP contribution in [0.1, 0.15) is 12.5 Å². The number of amides is 1. The number of rotatable bonds is 4. The zero-order valence-electron chi connectivity index (χ0n) is 16.3. The fraction of sp³-hybridized carbons (Fsp3) is 0.381. The summed E-state index contributed by atoms with van der Waals surface area (Å²) in [6.07, 6.45) is 6.53. The minimum Gasteiger partial charge on any atom is -0.387 e. The van der Waals surface area contributed by atoms with Crippen molar-refractivity contribution in [1.82, 2.24) is 25.3 Å². The minimum absolute atomic E-state index is 0.108. The Hall–Kier alpha value is -2.44. The van der Waals surface area contributed by atoms with Gasteiger partial charge in [-0.05, 0) is 29.8 Å². The summed E-state index contributed by atoms with van der Waals surface area (Å²) in [5.41, 5.74) is 4.58. The van der Waals surface area contributed by atoms with Crippen molar-refractivity contribution in [2.75, 3.05) is 39.8 Å². The molecule has 1 atom stereocenters. The molecule has 4 rings (SSSR count). The smallest absolute Gasteiger partial charge is 0.219 e. The van der Waals surface area contributed by atoms with Crippen LogP contribution in [-0.4, -0.2) is 66.5 Å². The molecule has 0 saturated carbocycles. The van der Waals surface area contributed by atoms with E-state index < -0.39 is 0 Å². The van der Waals surface area contributed by atoms with Crippen LogP contribution in [0.2, 0.25) is 5.02 Å². The monoisotopic (exact) mass is 399 g/mol. The highest BCUT2D eigenvalue weighted by Gasteiger charge is 2.32. The van der Waals surface area contributed by atoms with E-state index in [-0.39, 0.29) is 12.1 Å². The fourth-order valence-corrected chi connectivity index (χ4v) is 4.02. The van der Waals surface area contributed by atoms with Crippen LogP contribution in [0.25, 0.3) is 5.70 Å². The molecule has 3 aliphatic heterocycles. The molecule has 0 radical (unpaired) electrons. The zero-order chi connectivity index (χ0) is 19.7. The van der Waals surface area contributed by atoms with Crippen molar-refractivity contribution >= 4 is 23.2 Å². The number of hydrogen-bond acceptors (Lipinski definition) is 5. The number of nitrogens with one attached hydrogen (secondary N) is 2. The van der Waals surface area contributed by atoms with E-state index in [4.69, 9.17) is 11.6 Å². The van der Waals surface area contributed by atoms with Gasteiger partial charge in [0.15, 0.2) is 0 Å². The number of benzene rings is 1. The summed E-state index contributed by atoms with van der Waals surface area (Å²) in [4.78, 5) is 18.3. The molecule has 2 N–H and O–H groups in total. The molecule has 1 saturated heterocycles. The zero-order valence-corrected chi connectivity index (χ0v) is 17.0. The Kier molecular flexibility index (Phi) is 5.33. The van der Waals surface area contributed by atoms with E-state index in [9.17, 15) is 4.79 Å². The van der Waals surface area contributed by atoms with Gasteiger partial charge in [-0.1, -0.05) is 23.7 Å². The first-order chi connectivity index (χ1) is 13.5. The van der Waals surface area contributed by atoms with Crippen molar-refractivity contribution in [2.24, 2.45) is 0 Å². The first-order valence-electron chi connectivity index (χ1n) is 9.65. The van der Waals surface area contributed by atoms with E-state index in [1.807, 2.05) is 24.1 Å². The van der Waals surface area contributed by atoms with Crippen molar-refractivity contribution in [1.29, 1.82) is 0 Å². The van der Waals surface area contributed by atoms with Crippen molar-refractivity contribution in [3.05, 3.63) is 64.6 Å². The lowest BCUT2D eigenvalue weighted by Gasteiger charge is -2.36. The molecule has 1 unspecified atom stereocenters. The summed E-state index contributed by atoms with van der Waals surface area (Å²) in [6.45, 7) is 5.81. The van der Waals surface area contributed by atoms with Gasteiger partial charge in [0, 0.05) is 57.9 Å². The number of carbonyl (C=O) groups is 1. The third kappa shape index (κ3) is 3.75. The highest BCUT2D eigenvalue weighted by molar-refractivity contribution is 6.30. The van der Waals surface area contributed by atoms with E-state index in [1.54, 1.807) is 6.92 Å². The van der Waals surface area contributed by atoms with Gasteiger partial charge in [-0.25, -0.2) is 0 Å². The summed E-state index contributed by atoms with van der Waals surface area (Å²) in [5.74, 6) is 0.158. The number of fused-ring (bicyclic) bond motifs is 1. The molecule has 1 fully saturated rings. The summed E-state index contributed by atoms with van der Waals surface area (Å²) in [7, 11) is 1.93. The Morgan fingerprint density at radius 2 is 1.93 bits per heavy atom. The molecule has 0 bridgehead atoms. The molecule has 0 spiro atoms. The van der Waals surface area contributed by atoms with Gasteiger partial charge < -0.3 is 20.4 Å². The number of halogens is 1. The lowest BCUT2D eigenvalue weighted by Crippen LogP contribution is -2.49. The highest BCUT2D eigenvalue weighted by Crippen LogP contribution is 2.32. The van der Waals surface area contributed by atoms with E-state index >= 15 is 0 Å². The molecule has 6 nitrogen and oxygen atoms in total. The summed E-state index contributed by atoms with van der Waals surface area (Å²) < 4.78 is 0. The number of carbonyl (C=O) groups excluding carboxylic acids is 1. The van der Waals surface area contributed by atoms with E-state index in [0.29, 0.717) is 0 Å². The predicted octanol–water partition coefficient (Wildman–Crippen LogP) is 2.03. The molecule has 0 aromatic heterocycles. The third-order valence-electron chi connectivity index (χ3n) is 5.54. The van der Waals surface area contributed by atoms with Gasteiger partial charge in [-0.15, -0.1) is 0 Å². The fourth-order valence-electron chi connectivity index (χ4n) is 3.89. The largest absolute Gasteiger partial charge is 0.387 e. The lowest BCUT2D eigenvalue weighted by atomic mass is 10.1. The maximum atomic E-state index is 11.6. The van der Waals surface area contributed by atoms with Crippen LogP contribution in [0.4, 0.5) is 0 Å².